The third-order valence-electron chi connectivity index (χ3n) is 1.51. The number of imidazole rings is 1. The fraction of sp³-hybridized carbons (Fsp3) is 0.429. The molecule has 1 aromatic rings. The van der Waals surface area contributed by atoms with Gasteiger partial charge in [0.15, 0.2) is 5.69 Å². The largest absolute Gasteiger partial charge is 0.541 e. The summed E-state index contributed by atoms with van der Waals surface area (Å²) in [4.78, 5) is 10.4. The van der Waals surface area contributed by atoms with Gasteiger partial charge in [0.05, 0.1) is 13.6 Å². The van der Waals surface area contributed by atoms with Crippen molar-refractivity contribution in [3.05, 3.63) is 18.2 Å². The van der Waals surface area contributed by atoms with Crippen LogP contribution in [-0.4, -0.2) is 10.5 Å². The maximum absolute atomic E-state index is 10.4. The van der Waals surface area contributed by atoms with Gasteiger partial charge in [-0.25, -0.2) is 9.13 Å². The number of hydrogen-bond donors (Lipinski definition) is 0. The van der Waals surface area contributed by atoms with Gasteiger partial charge in [-0.2, -0.15) is 0 Å². The number of hydrogen-bond acceptors (Lipinski definition) is 2. The van der Waals surface area contributed by atoms with Gasteiger partial charge < -0.3 is 9.90 Å². The molecule has 0 saturated carbocycles. The van der Waals surface area contributed by atoms with Crippen LogP contribution in [0.15, 0.2) is 12.5 Å². The Morgan fingerprint density at radius 3 is 2.82 bits per heavy atom. The molecule has 0 radical (unpaired) electrons. The maximum atomic E-state index is 10.4. The molecule has 1 rings (SSSR count). The monoisotopic (exact) mass is 154 g/mol. The van der Waals surface area contributed by atoms with Gasteiger partial charge in [0, 0.05) is 0 Å². The average molecular weight is 154 g/mol. The predicted molar refractivity (Wildman–Crippen MR) is 35.6 cm³/mol. The molecule has 0 aromatic carbocycles. The van der Waals surface area contributed by atoms with E-state index in [1.165, 1.54) is 6.20 Å². The topological polar surface area (TPSA) is 48.9 Å². The summed E-state index contributed by atoms with van der Waals surface area (Å²) in [5.41, 5.74) is 0.218. The molecule has 0 unspecified atom stereocenters. The quantitative estimate of drug-likeness (QED) is 0.497. The molecule has 60 valence electrons. The van der Waals surface area contributed by atoms with Gasteiger partial charge in [0.2, 0.25) is 6.33 Å². The van der Waals surface area contributed by atoms with Crippen LogP contribution in [0.1, 0.15) is 17.4 Å². The third-order valence-corrected chi connectivity index (χ3v) is 1.51. The number of aryl methyl sites for hydroxylation is 2. The Kier molecular flexibility index (Phi) is 1.94. The zero-order valence-electron chi connectivity index (χ0n) is 6.57. The standard InChI is InChI=1S/C7H10N2O2/c1-3-9-5-8(2)4-6(9)7(10)11/h4-5H,3H2,1-2H3. The van der Waals surface area contributed by atoms with E-state index in [1.807, 2.05) is 6.92 Å². The van der Waals surface area contributed by atoms with Crippen LogP contribution < -0.4 is 9.67 Å². The number of rotatable bonds is 2. The van der Waals surface area contributed by atoms with Crippen molar-refractivity contribution in [1.82, 2.24) is 4.57 Å². The molecule has 0 saturated heterocycles. The van der Waals surface area contributed by atoms with Crippen LogP contribution in [0.25, 0.3) is 0 Å². The Bertz CT molecular complexity index is 278. The number of nitrogens with zero attached hydrogens (tertiary/aromatic N) is 2. The van der Waals surface area contributed by atoms with Gasteiger partial charge in [-0.1, -0.05) is 0 Å². The maximum Gasteiger partial charge on any atom is 0.244 e. The molecule has 11 heavy (non-hydrogen) atoms. The summed E-state index contributed by atoms with van der Waals surface area (Å²) in [6.07, 6.45) is 3.24. The van der Waals surface area contributed by atoms with Crippen molar-refractivity contribution in [3.63, 3.8) is 0 Å². The summed E-state index contributed by atoms with van der Waals surface area (Å²) in [5, 5.41) is 10.4. The summed E-state index contributed by atoms with van der Waals surface area (Å²) in [6, 6.07) is 0. The summed E-state index contributed by atoms with van der Waals surface area (Å²) in [7, 11) is 1.78. The second kappa shape index (κ2) is 2.74. The van der Waals surface area contributed by atoms with E-state index in [2.05, 4.69) is 0 Å². The average Bonchev–Trinajstić information content (AvgIpc) is 2.30. The molecule has 4 nitrogen and oxygen atoms in total. The van der Waals surface area contributed by atoms with Crippen LogP contribution in [0.5, 0.6) is 0 Å². The van der Waals surface area contributed by atoms with E-state index in [0.717, 1.165) is 0 Å². The van der Waals surface area contributed by atoms with E-state index in [4.69, 9.17) is 0 Å². The first-order valence-electron chi connectivity index (χ1n) is 3.42. The lowest BCUT2D eigenvalue weighted by Crippen LogP contribution is -2.26. The van der Waals surface area contributed by atoms with Gasteiger partial charge >= 0.3 is 0 Å². The minimum absolute atomic E-state index is 0.218. The van der Waals surface area contributed by atoms with Crippen LogP contribution in [0.3, 0.4) is 0 Å². The minimum Gasteiger partial charge on any atom is -0.541 e. The van der Waals surface area contributed by atoms with Crippen LogP contribution in [-0.2, 0) is 13.6 Å². The predicted octanol–water partition coefficient (Wildman–Crippen LogP) is -1.30. The third kappa shape index (κ3) is 1.39. The van der Waals surface area contributed by atoms with Crippen LogP contribution in [0.2, 0.25) is 0 Å². The molecule has 0 amide bonds. The van der Waals surface area contributed by atoms with Gasteiger partial charge in [-0.05, 0) is 6.92 Å². The first-order valence-corrected chi connectivity index (χ1v) is 3.42. The number of aromatic nitrogens is 2. The van der Waals surface area contributed by atoms with Crippen molar-refractivity contribution in [2.45, 2.75) is 13.5 Å². The van der Waals surface area contributed by atoms with Gasteiger partial charge in [-0.15, -0.1) is 0 Å². The lowest BCUT2D eigenvalue weighted by atomic mass is 10.5. The Morgan fingerprint density at radius 1 is 1.82 bits per heavy atom. The number of carbonyl (C=O) groups is 1. The minimum atomic E-state index is -1.13. The molecular weight excluding hydrogens is 144 g/mol. The molecule has 1 heterocycles. The highest BCUT2D eigenvalue weighted by Crippen LogP contribution is 1.94. The van der Waals surface area contributed by atoms with Gasteiger partial charge in [0.25, 0.3) is 0 Å². The molecule has 0 N–H and O–H groups in total. The van der Waals surface area contributed by atoms with Crippen molar-refractivity contribution >= 4 is 5.97 Å². The lowest BCUT2D eigenvalue weighted by Gasteiger charge is -1.96. The van der Waals surface area contributed by atoms with Crippen molar-refractivity contribution in [1.29, 1.82) is 0 Å². The van der Waals surface area contributed by atoms with E-state index in [0.29, 0.717) is 6.54 Å². The Labute approximate surface area is 64.7 Å². The van der Waals surface area contributed by atoms with Crippen LogP contribution in [0, 0.1) is 0 Å². The summed E-state index contributed by atoms with van der Waals surface area (Å²) < 4.78 is 3.31. The molecule has 0 bridgehead atoms. The molecule has 0 aliphatic rings. The number of aromatic carboxylic acids is 1. The van der Waals surface area contributed by atoms with Crippen molar-refractivity contribution < 1.29 is 14.5 Å². The summed E-state index contributed by atoms with van der Waals surface area (Å²) in [5.74, 6) is -1.13. The van der Waals surface area contributed by atoms with Crippen LogP contribution >= 0.6 is 0 Å². The van der Waals surface area contributed by atoms with E-state index in [-0.39, 0.29) is 5.69 Å². The summed E-state index contributed by atoms with van der Waals surface area (Å²) in [6.45, 7) is 2.52. The smallest absolute Gasteiger partial charge is 0.244 e. The first-order chi connectivity index (χ1) is 5.15. The molecule has 0 aliphatic carbocycles. The fourth-order valence-corrected chi connectivity index (χ4v) is 1.00. The lowest BCUT2D eigenvalue weighted by molar-refractivity contribution is -0.671. The number of carboxylic acid groups (broad SMARTS) is 1. The molecule has 1 aromatic heterocycles. The first kappa shape index (κ1) is 7.78. The highest BCUT2D eigenvalue weighted by Gasteiger charge is 2.09. The molecule has 0 spiro atoms. The zero-order valence-corrected chi connectivity index (χ0v) is 6.57. The summed E-state index contributed by atoms with van der Waals surface area (Å²) >= 11 is 0. The Balaban J connectivity index is 3.12. The second-order valence-electron chi connectivity index (χ2n) is 2.37. The van der Waals surface area contributed by atoms with E-state index in [1.54, 1.807) is 22.5 Å². The van der Waals surface area contributed by atoms with Crippen LogP contribution in [0.4, 0.5) is 0 Å². The van der Waals surface area contributed by atoms with E-state index >= 15 is 0 Å². The highest BCUT2D eigenvalue weighted by molar-refractivity contribution is 5.82. The Morgan fingerprint density at radius 2 is 2.45 bits per heavy atom. The molecule has 0 atom stereocenters. The molecule has 4 heteroatoms. The van der Waals surface area contributed by atoms with Crippen molar-refractivity contribution in [3.8, 4) is 0 Å². The fourth-order valence-electron chi connectivity index (χ4n) is 1.00. The van der Waals surface area contributed by atoms with E-state index < -0.39 is 5.97 Å². The molecular formula is C7H10N2O2. The van der Waals surface area contributed by atoms with Gasteiger partial charge in [0.1, 0.15) is 12.2 Å². The van der Waals surface area contributed by atoms with Gasteiger partial charge in [-0.3, -0.25) is 0 Å². The zero-order chi connectivity index (χ0) is 8.43. The normalized spacial score (nSPS) is 10.0. The Hall–Kier alpha value is -1.32. The highest BCUT2D eigenvalue weighted by atomic mass is 16.4. The SMILES string of the molecule is CCn1c[n+](C)cc1C(=O)[O-]. The number of carboxylic acids is 1. The second-order valence-corrected chi connectivity index (χ2v) is 2.37. The molecule has 0 aliphatic heterocycles. The van der Waals surface area contributed by atoms with Crippen molar-refractivity contribution in [2.75, 3.05) is 0 Å². The van der Waals surface area contributed by atoms with Crippen molar-refractivity contribution in [2.24, 2.45) is 7.05 Å². The van der Waals surface area contributed by atoms with E-state index in [9.17, 15) is 9.90 Å². The number of carbonyl (C=O) groups excluding carboxylic acids is 1. The molecule has 0 fully saturated rings.